The van der Waals surface area contributed by atoms with Crippen molar-refractivity contribution in [2.75, 3.05) is 0 Å². The third kappa shape index (κ3) is 1.71. The zero-order valence-electron chi connectivity index (χ0n) is 8.60. The van der Waals surface area contributed by atoms with Crippen molar-refractivity contribution in [2.24, 2.45) is 16.6 Å². The van der Waals surface area contributed by atoms with Gasteiger partial charge in [-0.05, 0) is 40.9 Å². The third-order valence-corrected chi connectivity index (χ3v) is 3.35. The van der Waals surface area contributed by atoms with Crippen LogP contribution in [0.25, 0.3) is 5.52 Å². The van der Waals surface area contributed by atoms with E-state index in [1.165, 1.54) is 0 Å². The molecule has 5 heteroatoms. The number of fused-ring (bicyclic) bond motifs is 1. The van der Waals surface area contributed by atoms with Gasteiger partial charge in [0.15, 0.2) is 5.82 Å². The Hall–Kier alpha value is -1.36. The van der Waals surface area contributed by atoms with Gasteiger partial charge in [0.2, 0.25) is 0 Å². The molecule has 0 aliphatic heterocycles. The molecule has 1 aliphatic carbocycles. The molecule has 0 spiro atoms. The predicted octanol–water partition coefficient (Wildman–Crippen LogP) is 2.50. The molecule has 0 saturated heterocycles. The predicted molar refractivity (Wildman–Crippen MR) is 66.9 cm³/mol. The minimum Gasteiger partial charge on any atom is -0.387 e. The summed E-state index contributed by atoms with van der Waals surface area (Å²) in [5.74, 6) is 1.86. The molecule has 1 saturated carbocycles. The summed E-state index contributed by atoms with van der Waals surface area (Å²) in [4.78, 5) is 4.34. The van der Waals surface area contributed by atoms with Crippen molar-refractivity contribution >= 4 is 33.1 Å². The number of nitrogens with two attached hydrogens (primary N) is 1. The number of aromatic nitrogens is 2. The lowest BCUT2D eigenvalue weighted by Gasteiger charge is -1.93. The van der Waals surface area contributed by atoms with Crippen molar-refractivity contribution in [1.29, 1.82) is 0 Å². The summed E-state index contributed by atoms with van der Waals surface area (Å²) in [6.45, 7) is 0. The van der Waals surface area contributed by atoms with Gasteiger partial charge >= 0.3 is 0 Å². The molecule has 1 aliphatic rings. The lowest BCUT2D eigenvalue weighted by molar-refractivity contribution is 0.954. The van der Waals surface area contributed by atoms with Crippen LogP contribution in [0.3, 0.4) is 0 Å². The molecule has 16 heavy (non-hydrogen) atoms. The molecule has 0 unspecified atom stereocenters. The maximum atomic E-state index is 5.86. The van der Waals surface area contributed by atoms with Crippen LogP contribution in [0, 0.1) is 5.92 Å². The first-order chi connectivity index (χ1) is 7.74. The van der Waals surface area contributed by atoms with Gasteiger partial charge in [0.25, 0.3) is 0 Å². The summed E-state index contributed by atoms with van der Waals surface area (Å²) in [6, 6.07) is 5.84. The number of pyridine rings is 1. The van der Waals surface area contributed by atoms with E-state index < -0.39 is 0 Å². The molecule has 2 heterocycles. The maximum Gasteiger partial charge on any atom is 0.176 e. The molecule has 2 aromatic rings. The van der Waals surface area contributed by atoms with Crippen molar-refractivity contribution in [3.8, 4) is 0 Å². The van der Waals surface area contributed by atoms with Crippen LogP contribution in [-0.4, -0.2) is 15.4 Å². The lowest BCUT2D eigenvalue weighted by atomic mass is 10.4. The fraction of sp³-hybridized carbons (Fsp3) is 0.273. The summed E-state index contributed by atoms with van der Waals surface area (Å²) in [5, 5.41) is 4.34. The SMILES string of the molecule is NC(=Nc1cc2c(Br)cccn2n1)C1CC1. The standard InChI is InChI=1S/C11H11BrN4/c12-8-2-1-5-16-9(8)6-10(15-16)14-11(13)7-3-4-7/h1-2,5-7H,3-4H2,(H2,13,14,15). The van der Waals surface area contributed by atoms with E-state index in [4.69, 9.17) is 5.73 Å². The Morgan fingerprint density at radius 3 is 3.06 bits per heavy atom. The van der Waals surface area contributed by atoms with Gasteiger partial charge < -0.3 is 5.73 Å². The largest absolute Gasteiger partial charge is 0.387 e. The zero-order chi connectivity index (χ0) is 11.1. The first-order valence-corrected chi connectivity index (χ1v) is 6.01. The summed E-state index contributed by atoms with van der Waals surface area (Å²) in [7, 11) is 0. The van der Waals surface area contributed by atoms with E-state index in [2.05, 4.69) is 26.0 Å². The van der Waals surface area contributed by atoms with Crippen LogP contribution in [0.4, 0.5) is 5.82 Å². The number of rotatable bonds is 2. The number of aliphatic imine (C=N–C) groups is 1. The summed E-state index contributed by atoms with van der Waals surface area (Å²) >= 11 is 3.48. The van der Waals surface area contributed by atoms with Crippen LogP contribution in [0.5, 0.6) is 0 Å². The Labute approximate surface area is 101 Å². The molecule has 2 aromatic heterocycles. The zero-order valence-corrected chi connectivity index (χ0v) is 10.2. The Bertz CT molecular complexity index is 568. The highest BCUT2D eigenvalue weighted by Gasteiger charge is 2.25. The highest BCUT2D eigenvalue weighted by molar-refractivity contribution is 9.10. The van der Waals surface area contributed by atoms with Gasteiger partial charge in [-0.25, -0.2) is 9.51 Å². The topological polar surface area (TPSA) is 55.7 Å². The van der Waals surface area contributed by atoms with E-state index in [-0.39, 0.29) is 0 Å². The molecule has 2 N–H and O–H groups in total. The first kappa shape index (κ1) is 9.84. The Morgan fingerprint density at radius 2 is 2.38 bits per heavy atom. The van der Waals surface area contributed by atoms with E-state index in [9.17, 15) is 0 Å². The van der Waals surface area contributed by atoms with Crippen LogP contribution < -0.4 is 5.73 Å². The van der Waals surface area contributed by atoms with Crippen LogP contribution in [0.15, 0.2) is 33.9 Å². The van der Waals surface area contributed by atoms with E-state index in [0.717, 1.165) is 22.8 Å². The second-order valence-corrected chi connectivity index (χ2v) is 4.85. The van der Waals surface area contributed by atoms with Crippen LogP contribution in [0.1, 0.15) is 12.8 Å². The van der Waals surface area contributed by atoms with Crippen molar-refractivity contribution in [3.63, 3.8) is 0 Å². The average Bonchev–Trinajstić information content (AvgIpc) is 3.01. The molecular formula is C11H11BrN4. The Morgan fingerprint density at radius 1 is 1.56 bits per heavy atom. The lowest BCUT2D eigenvalue weighted by Crippen LogP contribution is -2.13. The molecule has 1 fully saturated rings. The summed E-state index contributed by atoms with van der Waals surface area (Å²) in [5.41, 5.74) is 6.86. The normalized spacial score (nSPS) is 16.9. The van der Waals surface area contributed by atoms with Gasteiger partial charge in [0.1, 0.15) is 5.84 Å². The van der Waals surface area contributed by atoms with Gasteiger partial charge in [-0.1, -0.05) is 0 Å². The monoisotopic (exact) mass is 278 g/mol. The molecular weight excluding hydrogens is 268 g/mol. The third-order valence-electron chi connectivity index (χ3n) is 2.68. The second kappa shape index (κ2) is 3.59. The highest BCUT2D eigenvalue weighted by Crippen LogP contribution is 2.30. The van der Waals surface area contributed by atoms with Gasteiger partial charge in [-0.3, -0.25) is 0 Å². The van der Waals surface area contributed by atoms with Gasteiger partial charge in [-0.2, -0.15) is 0 Å². The first-order valence-electron chi connectivity index (χ1n) is 5.22. The molecule has 0 aromatic carbocycles. The minimum absolute atomic E-state index is 0.480. The van der Waals surface area contributed by atoms with Gasteiger partial charge in [0, 0.05) is 22.7 Å². The molecule has 3 rings (SSSR count). The van der Waals surface area contributed by atoms with Crippen LogP contribution in [0.2, 0.25) is 0 Å². The van der Waals surface area contributed by atoms with Gasteiger partial charge in [0.05, 0.1) is 5.52 Å². The fourth-order valence-electron chi connectivity index (χ4n) is 1.63. The number of hydrogen-bond donors (Lipinski definition) is 1. The number of nitrogens with zero attached hydrogens (tertiary/aromatic N) is 3. The molecule has 4 nitrogen and oxygen atoms in total. The molecule has 0 atom stereocenters. The van der Waals surface area contributed by atoms with E-state index in [0.29, 0.717) is 17.6 Å². The van der Waals surface area contributed by atoms with Crippen LogP contribution in [-0.2, 0) is 0 Å². The molecule has 82 valence electrons. The van der Waals surface area contributed by atoms with Crippen molar-refractivity contribution < 1.29 is 0 Å². The number of halogens is 1. The quantitative estimate of drug-likeness (QED) is 0.678. The van der Waals surface area contributed by atoms with Crippen molar-refractivity contribution in [3.05, 3.63) is 28.9 Å². The molecule has 0 radical (unpaired) electrons. The van der Waals surface area contributed by atoms with E-state index in [1.54, 1.807) is 4.52 Å². The second-order valence-electron chi connectivity index (χ2n) is 4.00. The van der Waals surface area contributed by atoms with E-state index >= 15 is 0 Å². The maximum absolute atomic E-state index is 5.86. The van der Waals surface area contributed by atoms with Gasteiger partial charge in [-0.15, -0.1) is 5.10 Å². The Balaban J connectivity index is 2.05. The Kier molecular flexibility index (Phi) is 2.21. The summed E-state index contributed by atoms with van der Waals surface area (Å²) < 4.78 is 2.80. The fourth-order valence-corrected chi connectivity index (χ4v) is 2.07. The average molecular weight is 279 g/mol. The van der Waals surface area contributed by atoms with Crippen LogP contribution >= 0.6 is 15.9 Å². The minimum atomic E-state index is 0.480. The molecule has 0 amide bonds. The highest BCUT2D eigenvalue weighted by atomic mass is 79.9. The summed E-state index contributed by atoms with van der Waals surface area (Å²) in [6.07, 6.45) is 4.21. The van der Waals surface area contributed by atoms with Crippen molar-refractivity contribution in [1.82, 2.24) is 9.61 Å². The van der Waals surface area contributed by atoms with Crippen molar-refractivity contribution in [2.45, 2.75) is 12.8 Å². The number of amidine groups is 1. The molecule has 0 bridgehead atoms. The van der Waals surface area contributed by atoms with E-state index in [1.807, 2.05) is 24.4 Å². The number of hydrogen-bond acceptors (Lipinski definition) is 2. The smallest absolute Gasteiger partial charge is 0.176 e.